The van der Waals surface area contributed by atoms with Gasteiger partial charge in [-0.1, -0.05) is 30.3 Å². The maximum Gasteiger partial charge on any atom is 0.272 e. The Morgan fingerprint density at radius 3 is 2.55 bits per heavy atom. The normalized spacial score (nSPS) is 11.6. The zero-order valence-electron chi connectivity index (χ0n) is 10.5. The predicted octanol–water partition coefficient (Wildman–Crippen LogP) is -0.432. The Morgan fingerprint density at radius 1 is 1.20 bits per heavy atom. The van der Waals surface area contributed by atoms with Gasteiger partial charge < -0.3 is 15.2 Å². The molecule has 1 N–H and O–H groups in total. The molecule has 0 saturated carbocycles. The first-order chi connectivity index (χ1) is 9.66. The van der Waals surface area contributed by atoms with Crippen LogP contribution in [0.5, 0.6) is 0 Å². The highest BCUT2D eigenvalue weighted by Crippen LogP contribution is 2.03. The molecule has 0 radical (unpaired) electrons. The van der Waals surface area contributed by atoms with E-state index in [1.54, 1.807) is 24.3 Å². The lowest BCUT2D eigenvalue weighted by Gasteiger charge is -2.19. The molecule has 0 aliphatic heterocycles. The number of carboxylic acids is 1. The average molecular weight is 270 g/mol. The van der Waals surface area contributed by atoms with E-state index in [2.05, 4.69) is 15.3 Å². The van der Waals surface area contributed by atoms with Crippen molar-refractivity contribution in [2.45, 2.75) is 12.5 Å². The van der Waals surface area contributed by atoms with Gasteiger partial charge in [0.1, 0.15) is 5.69 Å². The monoisotopic (exact) mass is 270 g/mol. The molecule has 0 bridgehead atoms. The van der Waals surface area contributed by atoms with E-state index in [4.69, 9.17) is 0 Å². The Balaban J connectivity index is 2.07. The highest BCUT2D eigenvalue weighted by Gasteiger charge is 2.16. The van der Waals surface area contributed by atoms with Gasteiger partial charge in [0.15, 0.2) is 0 Å². The summed E-state index contributed by atoms with van der Waals surface area (Å²) in [5, 5.41) is 13.5. The fraction of sp³-hybridized carbons (Fsp3) is 0.143. The van der Waals surface area contributed by atoms with Crippen LogP contribution in [-0.2, 0) is 11.2 Å². The highest BCUT2D eigenvalue weighted by molar-refractivity contribution is 5.94. The van der Waals surface area contributed by atoms with Crippen molar-refractivity contribution in [3.8, 4) is 0 Å². The van der Waals surface area contributed by atoms with E-state index in [0.29, 0.717) is 0 Å². The van der Waals surface area contributed by atoms with Crippen LogP contribution < -0.4 is 10.4 Å². The molecule has 0 saturated heterocycles. The van der Waals surface area contributed by atoms with E-state index in [1.165, 1.54) is 18.6 Å². The van der Waals surface area contributed by atoms with E-state index in [1.807, 2.05) is 6.07 Å². The Kier molecular flexibility index (Phi) is 4.39. The van der Waals surface area contributed by atoms with Gasteiger partial charge in [0.05, 0.1) is 18.2 Å². The van der Waals surface area contributed by atoms with E-state index in [9.17, 15) is 14.7 Å². The number of carbonyl (C=O) groups excluding carboxylic acids is 2. The van der Waals surface area contributed by atoms with Crippen LogP contribution in [0.4, 0.5) is 0 Å². The molecule has 1 heterocycles. The molecule has 0 unspecified atom stereocenters. The van der Waals surface area contributed by atoms with Crippen LogP contribution in [0.1, 0.15) is 16.1 Å². The average Bonchev–Trinajstić information content (AvgIpc) is 2.48. The molecule has 0 spiro atoms. The van der Waals surface area contributed by atoms with E-state index < -0.39 is 17.9 Å². The first-order valence-electron chi connectivity index (χ1n) is 5.98. The number of amides is 1. The van der Waals surface area contributed by atoms with Crippen molar-refractivity contribution >= 4 is 11.9 Å². The quantitative estimate of drug-likeness (QED) is 0.795. The summed E-state index contributed by atoms with van der Waals surface area (Å²) < 4.78 is 0. The number of hydrogen-bond acceptors (Lipinski definition) is 5. The highest BCUT2D eigenvalue weighted by atomic mass is 16.4. The molecule has 6 nitrogen and oxygen atoms in total. The van der Waals surface area contributed by atoms with Crippen LogP contribution >= 0.6 is 0 Å². The molecular weight excluding hydrogens is 258 g/mol. The third-order valence-corrected chi connectivity index (χ3v) is 2.67. The maximum atomic E-state index is 11.8. The fourth-order valence-electron chi connectivity index (χ4n) is 1.69. The SMILES string of the molecule is O=C(N[C@@H](Cc1ccccc1)C(=O)[O-])c1cnccn1. The van der Waals surface area contributed by atoms with Gasteiger partial charge in [-0.15, -0.1) is 0 Å². The van der Waals surface area contributed by atoms with Gasteiger partial charge in [-0.25, -0.2) is 4.98 Å². The van der Waals surface area contributed by atoms with E-state index >= 15 is 0 Å². The molecule has 102 valence electrons. The second-order valence-corrected chi connectivity index (χ2v) is 4.13. The molecule has 1 aromatic heterocycles. The molecule has 20 heavy (non-hydrogen) atoms. The number of nitrogens with zero attached hydrogens (tertiary/aromatic N) is 2. The maximum absolute atomic E-state index is 11.8. The third kappa shape index (κ3) is 3.61. The fourth-order valence-corrected chi connectivity index (χ4v) is 1.69. The summed E-state index contributed by atoms with van der Waals surface area (Å²) in [5.41, 5.74) is 0.855. The molecule has 0 fully saturated rings. The summed E-state index contributed by atoms with van der Waals surface area (Å²) in [7, 11) is 0. The topological polar surface area (TPSA) is 95.0 Å². The van der Waals surface area contributed by atoms with Crippen LogP contribution in [0.3, 0.4) is 0 Å². The summed E-state index contributed by atoms with van der Waals surface area (Å²) in [6.45, 7) is 0. The molecule has 0 aliphatic carbocycles. The van der Waals surface area contributed by atoms with Crippen LogP contribution in [0.25, 0.3) is 0 Å². The summed E-state index contributed by atoms with van der Waals surface area (Å²) in [6.07, 6.45) is 4.20. The van der Waals surface area contributed by atoms with Crippen molar-refractivity contribution in [3.05, 3.63) is 60.2 Å². The minimum atomic E-state index is -1.34. The van der Waals surface area contributed by atoms with Crippen molar-refractivity contribution in [2.75, 3.05) is 0 Å². The molecular formula is C14H12N3O3-. The van der Waals surface area contributed by atoms with Gasteiger partial charge in [-0.05, 0) is 12.0 Å². The van der Waals surface area contributed by atoms with Crippen molar-refractivity contribution < 1.29 is 14.7 Å². The van der Waals surface area contributed by atoms with Crippen LogP contribution in [0.15, 0.2) is 48.9 Å². The number of carboxylic acid groups (broad SMARTS) is 1. The smallest absolute Gasteiger partial charge is 0.272 e. The van der Waals surface area contributed by atoms with Crippen LogP contribution in [-0.4, -0.2) is 27.9 Å². The Morgan fingerprint density at radius 2 is 1.95 bits per heavy atom. The Hall–Kier alpha value is -2.76. The number of carbonyl (C=O) groups is 2. The number of aliphatic carboxylic acids is 1. The van der Waals surface area contributed by atoms with Gasteiger partial charge in [-0.3, -0.25) is 9.78 Å². The standard InChI is InChI=1S/C14H13N3O3/c18-13(12-9-15-6-7-16-12)17-11(14(19)20)8-10-4-2-1-3-5-10/h1-7,9,11H,8H2,(H,17,18)(H,19,20)/p-1/t11-/m0/s1. The van der Waals surface area contributed by atoms with Crippen molar-refractivity contribution in [1.82, 2.24) is 15.3 Å². The zero-order chi connectivity index (χ0) is 14.4. The lowest BCUT2D eigenvalue weighted by molar-refractivity contribution is -0.308. The molecule has 2 aromatic rings. The van der Waals surface area contributed by atoms with Gasteiger partial charge in [0.2, 0.25) is 0 Å². The van der Waals surface area contributed by atoms with Crippen molar-refractivity contribution in [3.63, 3.8) is 0 Å². The summed E-state index contributed by atoms with van der Waals surface area (Å²) in [6, 6.07) is 7.87. The molecule has 0 aliphatic rings. The van der Waals surface area contributed by atoms with Crippen LogP contribution in [0.2, 0.25) is 0 Å². The molecule has 1 amide bonds. The Labute approximate surface area is 115 Å². The van der Waals surface area contributed by atoms with Crippen molar-refractivity contribution in [1.29, 1.82) is 0 Å². The summed E-state index contributed by atoms with van der Waals surface area (Å²) >= 11 is 0. The lowest BCUT2D eigenvalue weighted by atomic mass is 10.1. The molecule has 1 aromatic carbocycles. The molecule has 2 rings (SSSR count). The first kappa shape index (κ1) is 13.7. The zero-order valence-corrected chi connectivity index (χ0v) is 10.5. The molecule has 1 atom stereocenters. The van der Waals surface area contributed by atoms with Gasteiger partial charge in [-0.2, -0.15) is 0 Å². The second kappa shape index (κ2) is 6.42. The Bertz CT molecular complexity index is 587. The largest absolute Gasteiger partial charge is 0.548 e. The minimum absolute atomic E-state index is 0.0619. The second-order valence-electron chi connectivity index (χ2n) is 4.13. The predicted molar refractivity (Wildman–Crippen MR) is 68.4 cm³/mol. The van der Waals surface area contributed by atoms with Crippen molar-refractivity contribution in [2.24, 2.45) is 0 Å². The number of benzene rings is 1. The number of nitrogens with one attached hydrogen (secondary N) is 1. The van der Waals surface area contributed by atoms with E-state index in [0.717, 1.165) is 5.56 Å². The van der Waals surface area contributed by atoms with Gasteiger partial charge in [0.25, 0.3) is 5.91 Å². The number of aromatic nitrogens is 2. The van der Waals surface area contributed by atoms with Gasteiger partial charge in [0, 0.05) is 12.4 Å². The molecule has 6 heteroatoms. The van der Waals surface area contributed by atoms with E-state index in [-0.39, 0.29) is 12.1 Å². The lowest BCUT2D eigenvalue weighted by Crippen LogP contribution is -2.49. The number of hydrogen-bond donors (Lipinski definition) is 1. The third-order valence-electron chi connectivity index (χ3n) is 2.67. The number of rotatable bonds is 5. The van der Waals surface area contributed by atoms with Gasteiger partial charge >= 0.3 is 0 Å². The summed E-state index contributed by atoms with van der Waals surface area (Å²) in [4.78, 5) is 30.5. The van der Waals surface area contributed by atoms with Crippen LogP contribution in [0, 0.1) is 0 Å². The summed E-state index contributed by atoms with van der Waals surface area (Å²) in [5.74, 6) is -1.94. The first-order valence-corrected chi connectivity index (χ1v) is 5.98. The minimum Gasteiger partial charge on any atom is -0.548 e.